The molecule has 0 bridgehead atoms. The minimum atomic E-state index is -0.0643. The van der Waals surface area contributed by atoms with Gasteiger partial charge in [0.15, 0.2) is 0 Å². The minimum absolute atomic E-state index is 0.0643. The van der Waals surface area contributed by atoms with Gasteiger partial charge in [-0.25, -0.2) is 0 Å². The van der Waals surface area contributed by atoms with Gasteiger partial charge in [0.1, 0.15) is 0 Å². The van der Waals surface area contributed by atoms with E-state index in [1.807, 2.05) is 50.2 Å². The molecule has 18 heavy (non-hydrogen) atoms. The predicted octanol–water partition coefficient (Wildman–Crippen LogP) is 3.61. The van der Waals surface area contributed by atoms with Crippen molar-refractivity contribution in [3.63, 3.8) is 0 Å². The topological polar surface area (TPSA) is 41.1 Å². The number of carbonyl (C=O) groups is 1. The molecule has 0 radical (unpaired) electrons. The summed E-state index contributed by atoms with van der Waals surface area (Å²) in [5, 5.41) is 6.28. The summed E-state index contributed by atoms with van der Waals surface area (Å²) in [6.07, 6.45) is 0. The zero-order valence-electron chi connectivity index (χ0n) is 10.4. The van der Waals surface area contributed by atoms with Crippen LogP contribution in [-0.2, 0) is 0 Å². The van der Waals surface area contributed by atoms with Crippen molar-refractivity contribution in [3.05, 3.63) is 53.1 Å². The van der Waals surface area contributed by atoms with Gasteiger partial charge in [-0.05, 0) is 43.2 Å². The van der Waals surface area contributed by atoms with Gasteiger partial charge in [0.25, 0.3) is 5.91 Å². The second-order valence-corrected chi connectivity index (χ2v) is 4.55. The van der Waals surface area contributed by atoms with Gasteiger partial charge in [-0.2, -0.15) is 0 Å². The molecule has 1 heterocycles. The fourth-order valence-electron chi connectivity index (χ4n) is 2.19. The van der Waals surface area contributed by atoms with Crippen molar-refractivity contribution in [2.45, 2.75) is 13.8 Å². The van der Waals surface area contributed by atoms with Crippen LogP contribution in [0.15, 0.2) is 36.4 Å². The third-order valence-corrected chi connectivity index (χ3v) is 3.42. The lowest BCUT2D eigenvalue weighted by Gasteiger charge is -2.12. The van der Waals surface area contributed by atoms with Crippen LogP contribution in [0.1, 0.15) is 21.5 Å². The molecule has 90 valence electrons. The van der Waals surface area contributed by atoms with Gasteiger partial charge < -0.3 is 10.6 Å². The third-order valence-electron chi connectivity index (χ3n) is 3.42. The number of carbonyl (C=O) groups excluding carboxylic acids is 1. The van der Waals surface area contributed by atoms with Crippen LogP contribution in [-0.4, -0.2) is 5.91 Å². The van der Waals surface area contributed by atoms with E-state index in [0.717, 1.165) is 22.6 Å². The second-order valence-electron chi connectivity index (χ2n) is 4.55. The standard InChI is InChI=1S/C15H14N2O/c1-9-7-8-11-14(10(9)2)16-12-5-3-4-6-13(12)17-15(11)18/h3-8,16H,1-2H3,(H,17,18). The Bertz CT molecular complexity index is 647. The van der Waals surface area contributed by atoms with Crippen LogP contribution in [0.4, 0.5) is 17.1 Å². The molecule has 1 aliphatic rings. The maximum Gasteiger partial charge on any atom is 0.257 e. The van der Waals surface area contributed by atoms with Crippen molar-refractivity contribution >= 4 is 23.0 Å². The molecule has 3 heteroatoms. The fourth-order valence-corrected chi connectivity index (χ4v) is 2.19. The van der Waals surface area contributed by atoms with Crippen molar-refractivity contribution in [3.8, 4) is 0 Å². The summed E-state index contributed by atoms with van der Waals surface area (Å²) >= 11 is 0. The Morgan fingerprint density at radius 3 is 2.28 bits per heavy atom. The van der Waals surface area contributed by atoms with Gasteiger partial charge in [0, 0.05) is 0 Å². The minimum Gasteiger partial charge on any atom is -0.353 e. The molecule has 0 aromatic heterocycles. The Hall–Kier alpha value is -2.29. The molecule has 3 rings (SSSR count). The van der Waals surface area contributed by atoms with Crippen molar-refractivity contribution in [1.29, 1.82) is 0 Å². The highest BCUT2D eigenvalue weighted by atomic mass is 16.1. The number of hydrogen-bond donors (Lipinski definition) is 2. The molecule has 0 unspecified atom stereocenters. The molecule has 1 amide bonds. The van der Waals surface area contributed by atoms with E-state index >= 15 is 0 Å². The average Bonchev–Trinajstić information content (AvgIpc) is 2.50. The van der Waals surface area contributed by atoms with Gasteiger partial charge in [-0.1, -0.05) is 18.2 Å². The number of nitrogens with one attached hydrogen (secondary N) is 2. The number of amides is 1. The average molecular weight is 238 g/mol. The maximum absolute atomic E-state index is 12.2. The van der Waals surface area contributed by atoms with Crippen LogP contribution in [0.2, 0.25) is 0 Å². The van der Waals surface area contributed by atoms with E-state index in [4.69, 9.17) is 0 Å². The summed E-state index contributed by atoms with van der Waals surface area (Å²) < 4.78 is 0. The summed E-state index contributed by atoms with van der Waals surface area (Å²) in [5.41, 5.74) is 5.62. The van der Waals surface area contributed by atoms with Gasteiger partial charge in [-0.15, -0.1) is 0 Å². The van der Waals surface area contributed by atoms with Crippen molar-refractivity contribution < 1.29 is 4.79 Å². The molecule has 1 aliphatic heterocycles. The van der Waals surface area contributed by atoms with E-state index in [9.17, 15) is 4.79 Å². The van der Waals surface area contributed by atoms with E-state index in [1.165, 1.54) is 5.56 Å². The number of aryl methyl sites for hydroxylation is 1. The number of benzene rings is 2. The molecular formula is C15H14N2O. The van der Waals surface area contributed by atoms with Crippen LogP contribution in [0.3, 0.4) is 0 Å². The van der Waals surface area contributed by atoms with Crippen LogP contribution in [0.5, 0.6) is 0 Å². The fraction of sp³-hybridized carbons (Fsp3) is 0.133. The van der Waals surface area contributed by atoms with E-state index in [1.54, 1.807) is 0 Å². The highest BCUT2D eigenvalue weighted by Gasteiger charge is 2.20. The van der Waals surface area contributed by atoms with E-state index in [2.05, 4.69) is 10.6 Å². The monoisotopic (exact) mass is 238 g/mol. The van der Waals surface area contributed by atoms with Crippen LogP contribution in [0, 0.1) is 13.8 Å². The molecule has 3 nitrogen and oxygen atoms in total. The van der Waals surface area contributed by atoms with Gasteiger partial charge in [0.05, 0.1) is 22.6 Å². The first kappa shape index (κ1) is 10.8. The highest BCUT2D eigenvalue weighted by molar-refractivity contribution is 6.12. The zero-order chi connectivity index (χ0) is 12.7. The van der Waals surface area contributed by atoms with Crippen molar-refractivity contribution in [2.75, 3.05) is 10.6 Å². The Morgan fingerprint density at radius 1 is 0.889 bits per heavy atom. The molecule has 0 saturated heterocycles. The first-order valence-corrected chi connectivity index (χ1v) is 5.94. The highest BCUT2D eigenvalue weighted by Crippen LogP contribution is 2.34. The number of hydrogen-bond acceptors (Lipinski definition) is 2. The summed E-state index contributed by atoms with van der Waals surface area (Å²) in [5.74, 6) is -0.0643. The van der Waals surface area contributed by atoms with E-state index in [0.29, 0.717) is 5.56 Å². The SMILES string of the molecule is Cc1ccc2c(c1C)Nc1ccccc1NC2=O. The summed E-state index contributed by atoms with van der Waals surface area (Å²) in [6, 6.07) is 11.6. The van der Waals surface area contributed by atoms with E-state index in [-0.39, 0.29) is 5.91 Å². The largest absolute Gasteiger partial charge is 0.353 e. The normalized spacial score (nSPS) is 12.9. The Morgan fingerprint density at radius 2 is 1.56 bits per heavy atom. The molecule has 0 atom stereocenters. The van der Waals surface area contributed by atoms with Gasteiger partial charge in [0.2, 0.25) is 0 Å². The summed E-state index contributed by atoms with van der Waals surface area (Å²) in [6.45, 7) is 4.08. The first-order valence-electron chi connectivity index (χ1n) is 5.94. The first-order chi connectivity index (χ1) is 8.66. The molecular weight excluding hydrogens is 224 g/mol. The van der Waals surface area contributed by atoms with Gasteiger partial charge in [-0.3, -0.25) is 4.79 Å². The van der Waals surface area contributed by atoms with Crippen molar-refractivity contribution in [1.82, 2.24) is 0 Å². The lowest BCUT2D eigenvalue weighted by Crippen LogP contribution is -2.11. The maximum atomic E-state index is 12.2. The molecule has 2 N–H and O–H groups in total. The molecule has 0 spiro atoms. The van der Waals surface area contributed by atoms with Crippen molar-refractivity contribution in [2.24, 2.45) is 0 Å². The smallest absolute Gasteiger partial charge is 0.257 e. The Kier molecular flexibility index (Phi) is 2.33. The van der Waals surface area contributed by atoms with Crippen LogP contribution >= 0.6 is 0 Å². The molecule has 0 aliphatic carbocycles. The Labute approximate surface area is 106 Å². The number of para-hydroxylation sites is 2. The predicted molar refractivity (Wildman–Crippen MR) is 73.6 cm³/mol. The third kappa shape index (κ3) is 1.56. The van der Waals surface area contributed by atoms with Gasteiger partial charge >= 0.3 is 0 Å². The molecule has 2 aromatic carbocycles. The quantitative estimate of drug-likeness (QED) is 0.736. The van der Waals surface area contributed by atoms with Crippen LogP contribution in [0.25, 0.3) is 0 Å². The van der Waals surface area contributed by atoms with Crippen LogP contribution < -0.4 is 10.6 Å². The number of fused-ring (bicyclic) bond motifs is 2. The molecule has 0 fully saturated rings. The van der Waals surface area contributed by atoms with E-state index < -0.39 is 0 Å². The lowest BCUT2D eigenvalue weighted by atomic mass is 10.0. The second kappa shape index (κ2) is 3.88. The molecule has 0 saturated carbocycles. The Balaban J connectivity index is 2.24. The number of anilines is 3. The lowest BCUT2D eigenvalue weighted by molar-refractivity contribution is 0.102. The number of rotatable bonds is 0. The summed E-state index contributed by atoms with van der Waals surface area (Å²) in [4.78, 5) is 12.2. The zero-order valence-corrected chi connectivity index (χ0v) is 10.4. The molecule has 2 aromatic rings. The summed E-state index contributed by atoms with van der Waals surface area (Å²) in [7, 11) is 0.